The lowest BCUT2D eigenvalue weighted by Crippen LogP contribution is -2.29. The summed E-state index contributed by atoms with van der Waals surface area (Å²) in [4.78, 5) is 29.9. The van der Waals surface area contributed by atoms with E-state index in [2.05, 4.69) is 27.6 Å². The summed E-state index contributed by atoms with van der Waals surface area (Å²) in [6.07, 6.45) is 3.77. The zero-order valence-corrected chi connectivity index (χ0v) is 22.7. The van der Waals surface area contributed by atoms with Gasteiger partial charge < -0.3 is 14.2 Å². The quantitative estimate of drug-likeness (QED) is 0.209. The van der Waals surface area contributed by atoms with E-state index >= 15 is 0 Å². The number of aromatic nitrogens is 2. The molecule has 0 saturated carbocycles. The number of hydrogen-bond donors (Lipinski definition) is 0. The summed E-state index contributed by atoms with van der Waals surface area (Å²) >= 11 is 3.42. The number of nitrogens with zero attached hydrogens (tertiary/aromatic N) is 3. The van der Waals surface area contributed by atoms with Gasteiger partial charge in [-0.25, -0.2) is 9.78 Å². The van der Waals surface area contributed by atoms with Gasteiger partial charge in [-0.2, -0.15) is 9.78 Å². The first-order valence-electron chi connectivity index (χ1n) is 11.5. The molecule has 0 amide bonds. The first-order chi connectivity index (χ1) is 17.1. The van der Waals surface area contributed by atoms with Gasteiger partial charge in [0.05, 0.1) is 30.8 Å². The van der Waals surface area contributed by atoms with Crippen LogP contribution in [0.15, 0.2) is 57.4 Å². The van der Waals surface area contributed by atoms with E-state index in [1.807, 2.05) is 39.0 Å². The molecular weight excluding hydrogens is 526 g/mol. The third-order valence-electron chi connectivity index (χ3n) is 5.18. The summed E-state index contributed by atoms with van der Waals surface area (Å²) < 4.78 is 18.3. The van der Waals surface area contributed by atoms with Crippen LogP contribution in [-0.4, -0.2) is 42.2 Å². The van der Waals surface area contributed by atoms with E-state index < -0.39 is 11.4 Å². The van der Waals surface area contributed by atoms with Crippen molar-refractivity contribution in [3.63, 3.8) is 0 Å². The van der Waals surface area contributed by atoms with Crippen LogP contribution in [0.3, 0.4) is 0 Å². The van der Waals surface area contributed by atoms with Gasteiger partial charge in [-0.1, -0.05) is 42.8 Å². The molecule has 8 nitrogen and oxygen atoms in total. The standard InChI is InChI=1S/C27H30BrN3O5/c1-7-9-18-12-17(13-22(34-6)24(18)36-16-23(32)35-8-2)15-29-31-25(33)20-14-19(28)10-11-21(20)30-26(31)27(3,4)5/h7,10-15H,1,8-9,16H2,2-6H3. The Hall–Kier alpha value is -3.46. The topological polar surface area (TPSA) is 92.0 Å². The van der Waals surface area contributed by atoms with Gasteiger partial charge in [-0.05, 0) is 49.2 Å². The van der Waals surface area contributed by atoms with Crippen LogP contribution in [0.4, 0.5) is 0 Å². The largest absolute Gasteiger partial charge is 0.493 e. The molecule has 0 N–H and O–H groups in total. The highest BCUT2D eigenvalue weighted by Crippen LogP contribution is 2.33. The first-order valence-corrected chi connectivity index (χ1v) is 12.3. The normalized spacial score (nSPS) is 11.6. The first kappa shape index (κ1) is 27.1. The maximum absolute atomic E-state index is 13.4. The van der Waals surface area contributed by atoms with Crippen LogP contribution >= 0.6 is 15.9 Å². The summed E-state index contributed by atoms with van der Waals surface area (Å²) in [6, 6.07) is 8.98. The molecule has 1 heterocycles. The van der Waals surface area contributed by atoms with Crippen molar-refractivity contribution in [3.8, 4) is 11.5 Å². The van der Waals surface area contributed by atoms with Gasteiger partial charge in [0.1, 0.15) is 5.82 Å². The van der Waals surface area contributed by atoms with Crippen LogP contribution in [-0.2, 0) is 21.4 Å². The third-order valence-corrected chi connectivity index (χ3v) is 5.67. The highest BCUT2D eigenvalue weighted by Gasteiger charge is 2.23. The van der Waals surface area contributed by atoms with Crippen molar-refractivity contribution < 1.29 is 19.0 Å². The summed E-state index contributed by atoms with van der Waals surface area (Å²) in [5.41, 5.74) is 1.33. The number of benzene rings is 2. The molecule has 0 bridgehead atoms. The fourth-order valence-electron chi connectivity index (χ4n) is 3.58. The van der Waals surface area contributed by atoms with E-state index in [0.29, 0.717) is 40.2 Å². The maximum Gasteiger partial charge on any atom is 0.344 e. The van der Waals surface area contributed by atoms with Gasteiger partial charge in [-0.3, -0.25) is 4.79 Å². The molecule has 2 aromatic carbocycles. The van der Waals surface area contributed by atoms with Gasteiger partial charge in [0, 0.05) is 15.5 Å². The average Bonchev–Trinajstić information content (AvgIpc) is 2.82. The molecule has 0 atom stereocenters. The molecule has 9 heteroatoms. The zero-order valence-electron chi connectivity index (χ0n) is 21.1. The molecule has 36 heavy (non-hydrogen) atoms. The van der Waals surface area contributed by atoms with E-state index in [1.165, 1.54) is 11.8 Å². The van der Waals surface area contributed by atoms with Gasteiger partial charge in [0.2, 0.25) is 0 Å². The molecule has 3 aromatic rings. The smallest absolute Gasteiger partial charge is 0.344 e. The Morgan fingerprint density at radius 1 is 1.25 bits per heavy atom. The van der Waals surface area contributed by atoms with E-state index in [9.17, 15) is 9.59 Å². The molecule has 0 radical (unpaired) electrons. The summed E-state index contributed by atoms with van der Waals surface area (Å²) in [7, 11) is 1.51. The number of allylic oxidation sites excluding steroid dienone is 1. The minimum absolute atomic E-state index is 0.246. The molecule has 190 valence electrons. The zero-order chi connectivity index (χ0) is 26.5. The number of esters is 1. The summed E-state index contributed by atoms with van der Waals surface area (Å²) in [6.45, 7) is 11.5. The van der Waals surface area contributed by atoms with Gasteiger partial charge in [0.25, 0.3) is 5.56 Å². The molecule has 0 aliphatic carbocycles. The van der Waals surface area contributed by atoms with Crippen LogP contribution in [0.2, 0.25) is 0 Å². The summed E-state index contributed by atoms with van der Waals surface area (Å²) in [5, 5.41) is 4.99. The number of fused-ring (bicyclic) bond motifs is 1. The van der Waals surface area contributed by atoms with Crippen LogP contribution in [0.5, 0.6) is 11.5 Å². The van der Waals surface area contributed by atoms with Crippen molar-refractivity contribution in [2.45, 2.75) is 39.5 Å². The van der Waals surface area contributed by atoms with Crippen molar-refractivity contribution in [1.29, 1.82) is 0 Å². The van der Waals surface area contributed by atoms with Gasteiger partial charge in [0.15, 0.2) is 18.1 Å². The Morgan fingerprint density at radius 2 is 2.00 bits per heavy atom. The minimum Gasteiger partial charge on any atom is -0.493 e. The van der Waals surface area contributed by atoms with E-state index in [1.54, 1.807) is 31.3 Å². The predicted molar refractivity (Wildman–Crippen MR) is 144 cm³/mol. The fourth-order valence-corrected chi connectivity index (χ4v) is 3.94. The number of methoxy groups -OCH3 is 1. The van der Waals surface area contributed by atoms with Crippen molar-refractivity contribution >= 4 is 39.0 Å². The van der Waals surface area contributed by atoms with E-state index in [-0.39, 0.29) is 18.8 Å². The van der Waals surface area contributed by atoms with E-state index in [0.717, 1.165) is 10.0 Å². The predicted octanol–water partition coefficient (Wildman–Crippen LogP) is 5.02. The Kier molecular flexibility index (Phi) is 8.68. The van der Waals surface area contributed by atoms with Crippen LogP contribution in [0.25, 0.3) is 10.9 Å². The Balaban J connectivity index is 2.10. The molecular formula is C27H30BrN3O5. The lowest BCUT2D eigenvalue weighted by atomic mass is 9.95. The van der Waals surface area contributed by atoms with Crippen molar-refractivity contribution in [1.82, 2.24) is 9.66 Å². The molecule has 0 aliphatic rings. The number of rotatable bonds is 9. The lowest BCUT2D eigenvalue weighted by Gasteiger charge is -2.21. The maximum atomic E-state index is 13.4. The van der Waals surface area contributed by atoms with Crippen molar-refractivity contribution in [2.75, 3.05) is 20.3 Å². The molecule has 3 rings (SSSR count). The molecule has 1 aromatic heterocycles. The number of ether oxygens (including phenoxy) is 3. The summed E-state index contributed by atoms with van der Waals surface area (Å²) in [5.74, 6) is 0.905. The minimum atomic E-state index is -0.473. The van der Waals surface area contributed by atoms with Crippen molar-refractivity contribution in [3.05, 3.63) is 74.8 Å². The molecule has 0 aliphatic heterocycles. The second-order valence-corrected chi connectivity index (χ2v) is 9.92. The third kappa shape index (κ3) is 6.20. The second-order valence-electron chi connectivity index (χ2n) is 9.01. The Labute approximate surface area is 218 Å². The number of hydrogen-bond acceptors (Lipinski definition) is 7. The number of halogens is 1. The highest BCUT2D eigenvalue weighted by molar-refractivity contribution is 9.10. The Morgan fingerprint density at radius 3 is 2.64 bits per heavy atom. The van der Waals surface area contributed by atoms with Gasteiger partial charge in [-0.15, -0.1) is 6.58 Å². The molecule has 0 spiro atoms. The average molecular weight is 556 g/mol. The lowest BCUT2D eigenvalue weighted by molar-refractivity contribution is -0.145. The van der Waals surface area contributed by atoms with Crippen LogP contribution < -0.4 is 15.0 Å². The van der Waals surface area contributed by atoms with Crippen LogP contribution in [0, 0.1) is 0 Å². The number of carbonyl (C=O) groups is 1. The molecule has 0 unspecified atom stereocenters. The molecule has 0 saturated heterocycles. The van der Waals surface area contributed by atoms with Gasteiger partial charge >= 0.3 is 5.97 Å². The number of carbonyl (C=O) groups excluding carboxylic acids is 1. The monoisotopic (exact) mass is 555 g/mol. The van der Waals surface area contributed by atoms with Crippen LogP contribution in [0.1, 0.15) is 44.6 Å². The highest BCUT2D eigenvalue weighted by atomic mass is 79.9. The van der Waals surface area contributed by atoms with E-state index in [4.69, 9.17) is 19.2 Å². The SMILES string of the molecule is C=CCc1cc(C=Nn2c(C(C)(C)C)nc3ccc(Br)cc3c2=O)cc(OC)c1OCC(=O)OCC. The molecule has 0 fully saturated rings. The Bertz CT molecular complexity index is 1370. The second kappa shape index (κ2) is 11.5. The fraction of sp³-hybridized carbons (Fsp3) is 0.333. The van der Waals surface area contributed by atoms with Crippen molar-refractivity contribution in [2.24, 2.45) is 5.10 Å².